The summed E-state index contributed by atoms with van der Waals surface area (Å²) in [7, 11) is 1.66. The second-order valence-electron chi connectivity index (χ2n) is 6.00. The molecule has 2 aromatic carbocycles. The zero-order valence-electron chi connectivity index (χ0n) is 13.8. The molecule has 4 nitrogen and oxygen atoms in total. The lowest BCUT2D eigenvalue weighted by molar-refractivity contribution is 0.273. The first-order valence-electron chi connectivity index (χ1n) is 7.93. The first-order chi connectivity index (χ1) is 11.2. The molecule has 0 saturated heterocycles. The van der Waals surface area contributed by atoms with Crippen molar-refractivity contribution in [3.05, 3.63) is 42.5 Å². The molecule has 0 saturated carbocycles. The molecule has 1 heterocycles. The van der Waals surface area contributed by atoms with E-state index < -0.39 is 0 Å². The number of ether oxygens (including phenoxy) is 2. The minimum atomic E-state index is 0.621. The minimum Gasteiger partial charge on any atom is -0.493 e. The maximum Gasteiger partial charge on any atom is 0.161 e. The molecular formula is C19H22N2O2. The third kappa shape index (κ3) is 3.47. The van der Waals surface area contributed by atoms with Crippen LogP contribution in [0.4, 0.5) is 0 Å². The molecule has 1 N–H and O–H groups in total. The monoisotopic (exact) mass is 310 g/mol. The van der Waals surface area contributed by atoms with Crippen LogP contribution in [0.2, 0.25) is 0 Å². The lowest BCUT2D eigenvalue weighted by atomic mass is 10.1. The van der Waals surface area contributed by atoms with Crippen molar-refractivity contribution in [2.24, 2.45) is 5.92 Å². The number of hydrogen-bond acceptors (Lipinski definition) is 3. The summed E-state index contributed by atoms with van der Waals surface area (Å²) in [6.45, 7) is 5.06. The van der Waals surface area contributed by atoms with E-state index in [2.05, 4.69) is 23.8 Å². The molecule has 1 aromatic heterocycles. The van der Waals surface area contributed by atoms with Gasteiger partial charge in [0.2, 0.25) is 0 Å². The molecule has 3 aromatic rings. The number of rotatable bonds is 6. The van der Waals surface area contributed by atoms with Crippen LogP contribution in [0.1, 0.15) is 20.3 Å². The van der Waals surface area contributed by atoms with Gasteiger partial charge in [-0.2, -0.15) is 0 Å². The Morgan fingerprint density at radius 1 is 1.09 bits per heavy atom. The summed E-state index contributed by atoms with van der Waals surface area (Å²) in [5.74, 6) is 2.95. The highest BCUT2D eigenvalue weighted by molar-refractivity contribution is 5.79. The number of nitrogens with zero attached hydrogens (tertiary/aromatic N) is 1. The number of fused-ring (bicyclic) bond motifs is 1. The lowest BCUT2D eigenvalue weighted by Crippen LogP contribution is -2.02. The Morgan fingerprint density at radius 3 is 2.65 bits per heavy atom. The van der Waals surface area contributed by atoms with Crippen molar-refractivity contribution in [1.82, 2.24) is 9.97 Å². The number of hydrogen-bond donors (Lipinski definition) is 1. The van der Waals surface area contributed by atoms with Gasteiger partial charge in [-0.1, -0.05) is 26.0 Å². The molecule has 0 unspecified atom stereocenters. The SMILES string of the molecule is COc1cc(-c2nc3ccccc3[nH]2)ccc1OCCC(C)C. The van der Waals surface area contributed by atoms with Crippen molar-refractivity contribution in [2.45, 2.75) is 20.3 Å². The van der Waals surface area contributed by atoms with Gasteiger partial charge in [0.25, 0.3) is 0 Å². The number of benzene rings is 2. The van der Waals surface area contributed by atoms with Crippen LogP contribution in [0.5, 0.6) is 11.5 Å². The summed E-state index contributed by atoms with van der Waals surface area (Å²) in [5.41, 5.74) is 2.96. The van der Waals surface area contributed by atoms with Crippen molar-refractivity contribution >= 4 is 11.0 Å². The normalized spacial score (nSPS) is 11.1. The predicted octanol–water partition coefficient (Wildman–Crippen LogP) is 4.66. The number of imidazole rings is 1. The minimum absolute atomic E-state index is 0.621. The van der Waals surface area contributed by atoms with Crippen LogP contribution >= 0.6 is 0 Å². The van der Waals surface area contributed by atoms with Gasteiger partial charge in [-0.05, 0) is 42.7 Å². The van der Waals surface area contributed by atoms with Crippen molar-refractivity contribution in [3.8, 4) is 22.9 Å². The van der Waals surface area contributed by atoms with Crippen molar-refractivity contribution < 1.29 is 9.47 Å². The van der Waals surface area contributed by atoms with E-state index in [0.717, 1.165) is 40.3 Å². The van der Waals surface area contributed by atoms with Gasteiger partial charge in [-0.3, -0.25) is 0 Å². The fourth-order valence-electron chi connectivity index (χ4n) is 2.43. The van der Waals surface area contributed by atoms with Crippen LogP contribution in [-0.2, 0) is 0 Å². The highest BCUT2D eigenvalue weighted by Crippen LogP contribution is 2.32. The van der Waals surface area contributed by atoms with E-state index in [1.54, 1.807) is 7.11 Å². The molecule has 0 amide bonds. The molecule has 4 heteroatoms. The highest BCUT2D eigenvalue weighted by Gasteiger charge is 2.10. The average molecular weight is 310 g/mol. The van der Waals surface area contributed by atoms with Gasteiger partial charge in [-0.15, -0.1) is 0 Å². The topological polar surface area (TPSA) is 47.1 Å². The molecule has 0 aliphatic rings. The number of aromatic amines is 1. The van der Waals surface area contributed by atoms with Gasteiger partial charge < -0.3 is 14.5 Å². The van der Waals surface area contributed by atoms with Crippen LogP contribution in [0.25, 0.3) is 22.4 Å². The summed E-state index contributed by atoms with van der Waals surface area (Å²) >= 11 is 0. The van der Waals surface area contributed by atoms with Crippen LogP contribution in [-0.4, -0.2) is 23.7 Å². The Labute approximate surface area is 136 Å². The van der Waals surface area contributed by atoms with E-state index in [0.29, 0.717) is 12.5 Å². The van der Waals surface area contributed by atoms with E-state index in [9.17, 15) is 0 Å². The summed E-state index contributed by atoms with van der Waals surface area (Å²) in [6.07, 6.45) is 1.02. The molecule has 23 heavy (non-hydrogen) atoms. The second kappa shape index (κ2) is 6.73. The van der Waals surface area contributed by atoms with Crippen molar-refractivity contribution in [2.75, 3.05) is 13.7 Å². The summed E-state index contributed by atoms with van der Waals surface area (Å²) in [4.78, 5) is 7.95. The molecule has 3 rings (SSSR count). The number of methoxy groups -OCH3 is 1. The first-order valence-corrected chi connectivity index (χ1v) is 7.93. The first kappa shape index (κ1) is 15.4. The van der Waals surface area contributed by atoms with Gasteiger partial charge in [0.1, 0.15) is 5.82 Å². The Kier molecular flexibility index (Phi) is 4.51. The standard InChI is InChI=1S/C19H22N2O2/c1-13(2)10-11-23-17-9-8-14(12-18(17)22-3)19-20-15-6-4-5-7-16(15)21-19/h4-9,12-13H,10-11H2,1-3H3,(H,20,21). The molecular weight excluding hydrogens is 288 g/mol. The van der Waals surface area contributed by atoms with Gasteiger partial charge >= 0.3 is 0 Å². The van der Waals surface area contributed by atoms with E-state index in [4.69, 9.17) is 9.47 Å². The fraction of sp³-hybridized carbons (Fsp3) is 0.316. The molecule has 0 aliphatic carbocycles. The van der Waals surface area contributed by atoms with Crippen molar-refractivity contribution in [1.29, 1.82) is 0 Å². The van der Waals surface area contributed by atoms with Crippen LogP contribution in [0.15, 0.2) is 42.5 Å². The predicted molar refractivity (Wildman–Crippen MR) is 93.0 cm³/mol. The molecule has 0 radical (unpaired) electrons. The van der Waals surface area contributed by atoms with Gasteiger partial charge in [0, 0.05) is 5.56 Å². The smallest absolute Gasteiger partial charge is 0.161 e. The lowest BCUT2D eigenvalue weighted by Gasteiger charge is -2.12. The Balaban J connectivity index is 1.85. The van der Waals surface area contributed by atoms with Gasteiger partial charge in [0.05, 0.1) is 24.8 Å². The molecule has 0 fully saturated rings. The number of nitrogens with one attached hydrogen (secondary N) is 1. The molecule has 0 aliphatic heterocycles. The molecule has 0 spiro atoms. The Morgan fingerprint density at radius 2 is 1.91 bits per heavy atom. The average Bonchev–Trinajstić information content (AvgIpc) is 2.98. The van der Waals surface area contributed by atoms with Crippen LogP contribution in [0, 0.1) is 5.92 Å². The van der Waals surface area contributed by atoms with Gasteiger partial charge in [0.15, 0.2) is 11.5 Å². The van der Waals surface area contributed by atoms with E-state index in [1.165, 1.54) is 0 Å². The van der Waals surface area contributed by atoms with Crippen LogP contribution in [0.3, 0.4) is 0 Å². The zero-order valence-corrected chi connectivity index (χ0v) is 13.8. The summed E-state index contributed by atoms with van der Waals surface area (Å²) in [6, 6.07) is 13.9. The zero-order chi connectivity index (χ0) is 16.2. The third-order valence-corrected chi connectivity index (χ3v) is 3.78. The number of H-pyrrole nitrogens is 1. The van der Waals surface area contributed by atoms with Crippen LogP contribution < -0.4 is 9.47 Å². The summed E-state index contributed by atoms with van der Waals surface area (Å²) in [5, 5.41) is 0. The maximum atomic E-state index is 5.83. The third-order valence-electron chi connectivity index (χ3n) is 3.78. The Hall–Kier alpha value is -2.49. The Bertz CT molecular complexity index is 760. The fourth-order valence-corrected chi connectivity index (χ4v) is 2.43. The van der Waals surface area contributed by atoms with Gasteiger partial charge in [-0.25, -0.2) is 4.98 Å². The summed E-state index contributed by atoms with van der Waals surface area (Å²) < 4.78 is 11.3. The van der Waals surface area contributed by atoms with E-state index in [-0.39, 0.29) is 0 Å². The quantitative estimate of drug-likeness (QED) is 0.720. The highest BCUT2D eigenvalue weighted by atomic mass is 16.5. The molecule has 0 atom stereocenters. The largest absolute Gasteiger partial charge is 0.493 e. The number of aromatic nitrogens is 2. The van der Waals surface area contributed by atoms with E-state index in [1.807, 2.05) is 42.5 Å². The van der Waals surface area contributed by atoms with E-state index >= 15 is 0 Å². The molecule has 120 valence electrons. The second-order valence-corrected chi connectivity index (χ2v) is 6.00. The van der Waals surface area contributed by atoms with Crippen molar-refractivity contribution in [3.63, 3.8) is 0 Å². The number of para-hydroxylation sites is 2. The maximum absolute atomic E-state index is 5.83. The molecule has 0 bridgehead atoms.